The third-order valence-electron chi connectivity index (χ3n) is 3.02. The standard InChI is InChI=1S/C9H12O4/c1-12-7(11)9-2-8(3-9,4-10)5-13-6-9/h4H,2-3,5-6H2,1H3. The molecule has 0 unspecified atom stereocenters. The van der Waals surface area contributed by atoms with Gasteiger partial charge in [-0.05, 0) is 12.8 Å². The molecule has 0 atom stereocenters. The van der Waals surface area contributed by atoms with Crippen LogP contribution in [0.25, 0.3) is 0 Å². The number of esters is 1. The Kier molecular flexibility index (Phi) is 1.70. The molecule has 0 aromatic rings. The van der Waals surface area contributed by atoms with Gasteiger partial charge in [-0.3, -0.25) is 4.79 Å². The minimum Gasteiger partial charge on any atom is -0.469 e. The molecule has 13 heavy (non-hydrogen) atoms. The quantitative estimate of drug-likeness (QED) is 0.453. The van der Waals surface area contributed by atoms with Gasteiger partial charge in [0, 0.05) is 0 Å². The zero-order valence-corrected chi connectivity index (χ0v) is 7.54. The van der Waals surface area contributed by atoms with Crippen LogP contribution in [0.1, 0.15) is 12.8 Å². The summed E-state index contributed by atoms with van der Waals surface area (Å²) in [5.74, 6) is -0.246. The molecule has 3 fully saturated rings. The average Bonchev–Trinajstić information content (AvgIpc) is 2.15. The van der Waals surface area contributed by atoms with E-state index in [1.54, 1.807) is 0 Å². The van der Waals surface area contributed by atoms with E-state index in [4.69, 9.17) is 4.74 Å². The lowest BCUT2D eigenvalue weighted by Crippen LogP contribution is -2.61. The number of ether oxygens (including phenoxy) is 2. The van der Waals surface area contributed by atoms with Crippen LogP contribution in [0.2, 0.25) is 0 Å². The van der Waals surface area contributed by atoms with Crippen LogP contribution >= 0.6 is 0 Å². The Labute approximate surface area is 76.2 Å². The summed E-state index contributed by atoms with van der Waals surface area (Å²) >= 11 is 0. The zero-order chi connectivity index (χ0) is 9.53. The highest BCUT2D eigenvalue weighted by molar-refractivity contribution is 5.82. The topological polar surface area (TPSA) is 52.6 Å². The first-order chi connectivity index (χ1) is 6.16. The molecular formula is C9H12O4. The maximum Gasteiger partial charge on any atom is 0.314 e. The van der Waals surface area contributed by atoms with Crippen LogP contribution in [0.5, 0.6) is 0 Å². The Morgan fingerprint density at radius 1 is 1.46 bits per heavy atom. The van der Waals surface area contributed by atoms with Gasteiger partial charge >= 0.3 is 5.97 Å². The van der Waals surface area contributed by atoms with Crippen molar-refractivity contribution in [3.8, 4) is 0 Å². The summed E-state index contributed by atoms with van der Waals surface area (Å²) in [4.78, 5) is 22.1. The van der Waals surface area contributed by atoms with Crippen LogP contribution in [0.4, 0.5) is 0 Å². The highest BCUT2D eigenvalue weighted by atomic mass is 16.5. The maximum atomic E-state index is 11.4. The average molecular weight is 184 g/mol. The summed E-state index contributed by atoms with van der Waals surface area (Å²) < 4.78 is 9.91. The van der Waals surface area contributed by atoms with Crippen LogP contribution in [-0.2, 0) is 19.1 Å². The fraction of sp³-hybridized carbons (Fsp3) is 0.778. The monoisotopic (exact) mass is 184 g/mol. The van der Waals surface area contributed by atoms with Crippen molar-refractivity contribution in [1.82, 2.24) is 0 Å². The van der Waals surface area contributed by atoms with Gasteiger partial charge in [0.05, 0.1) is 31.2 Å². The predicted octanol–water partition coefficient (Wildman–Crippen LogP) is 0.155. The van der Waals surface area contributed by atoms with Crippen LogP contribution in [-0.4, -0.2) is 32.6 Å². The summed E-state index contributed by atoms with van der Waals surface area (Å²) in [5.41, 5.74) is -0.916. The molecule has 2 saturated heterocycles. The van der Waals surface area contributed by atoms with E-state index in [-0.39, 0.29) is 5.97 Å². The number of carbonyl (C=O) groups is 2. The van der Waals surface area contributed by atoms with Gasteiger partial charge in [-0.25, -0.2) is 0 Å². The molecule has 4 nitrogen and oxygen atoms in total. The SMILES string of the molecule is COC(=O)C12COCC(C=O)(C1)C2. The lowest BCUT2D eigenvalue weighted by atomic mass is 9.52. The zero-order valence-electron chi connectivity index (χ0n) is 7.54. The number of methoxy groups -OCH3 is 1. The van der Waals surface area contributed by atoms with Gasteiger partial charge < -0.3 is 14.3 Å². The van der Waals surface area contributed by atoms with E-state index in [0.717, 1.165) is 6.29 Å². The number of fused-ring (bicyclic) bond motifs is 2. The third kappa shape index (κ3) is 1.01. The largest absolute Gasteiger partial charge is 0.469 e. The van der Waals surface area contributed by atoms with E-state index in [1.807, 2.05) is 0 Å². The van der Waals surface area contributed by atoms with Crippen LogP contribution in [0, 0.1) is 10.8 Å². The Bertz CT molecular complexity index is 252. The molecule has 4 heteroatoms. The van der Waals surface area contributed by atoms with Gasteiger partial charge in [-0.1, -0.05) is 0 Å². The van der Waals surface area contributed by atoms with E-state index in [1.165, 1.54) is 7.11 Å². The Morgan fingerprint density at radius 2 is 2.15 bits per heavy atom. The smallest absolute Gasteiger partial charge is 0.314 e. The molecule has 2 heterocycles. The summed E-state index contributed by atoms with van der Waals surface area (Å²) in [6.45, 7) is 0.852. The molecule has 0 spiro atoms. The minimum atomic E-state index is -0.520. The summed E-state index contributed by atoms with van der Waals surface area (Å²) in [6.07, 6.45) is 2.10. The Hall–Kier alpha value is -0.900. The van der Waals surface area contributed by atoms with Crippen LogP contribution < -0.4 is 0 Å². The van der Waals surface area contributed by atoms with Gasteiger partial charge in [0.1, 0.15) is 6.29 Å². The van der Waals surface area contributed by atoms with Crippen molar-refractivity contribution in [2.24, 2.45) is 10.8 Å². The van der Waals surface area contributed by atoms with E-state index in [2.05, 4.69) is 4.74 Å². The van der Waals surface area contributed by atoms with Crippen LogP contribution in [0.3, 0.4) is 0 Å². The van der Waals surface area contributed by atoms with Crippen molar-refractivity contribution in [1.29, 1.82) is 0 Å². The molecule has 0 radical (unpaired) electrons. The Morgan fingerprint density at radius 3 is 2.69 bits per heavy atom. The van der Waals surface area contributed by atoms with Gasteiger partial charge in [-0.2, -0.15) is 0 Å². The van der Waals surface area contributed by atoms with Crippen LogP contribution in [0.15, 0.2) is 0 Å². The number of carbonyl (C=O) groups excluding carboxylic acids is 2. The van der Waals surface area contributed by atoms with Crippen molar-refractivity contribution in [3.63, 3.8) is 0 Å². The first kappa shape index (κ1) is 8.69. The number of aldehydes is 1. The minimum absolute atomic E-state index is 0.246. The highest BCUT2D eigenvalue weighted by Gasteiger charge is 2.63. The lowest BCUT2D eigenvalue weighted by molar-refractivity contribution is -0.208. The van der Waals surface area contributed by atoms with E-state index in [9.17, 15) is 9.59 Å². The summed E-state index contributed by atoms with van der Waals surface area (Å²) in [7, 11) is 1.37. The lowest BCUT2D eigenvalue weighted by Gasteiger charge is -2.55. The van der Waals surface area contributed by atoms with Crippen molar-refractivity contribution in [3.05, 3.63) is 0 Å². The molecule has 1 aliphatic carbocycles. The van der Waals surface area contributed by atoms with Gasteiger partial charge in [-0.15, -0.1) is 0 Å². The second-order valence-corrected chi connectivity index (χ2v) is 4.10. The third-order valence-corrected chi connectivity index (χ3v) is 3.02. The molecule has 0 aromatic heterocycles. The molecule has 0 N–H and O–H groups in total. The fourth-order valence-electron chi connectivity index (χ4n) is 2.49. The molecular weight excluding hydrogens is 172 g/mol. The van der Waals surface area contributed by atoms with E-state index >= 15 is 0 Å². The maximum absolute atomic E-state index is 11.4. The highest BCUT2D eigenvalue weighted by Crippen LogP contribution is 2.57. The van der Waals surface area contributed by atoms with Gasteiger partial charge in [0.2, 0.25) is 0 Å². The van der Waals surface area contributed by atoms with E-state index < -0.39 is 10.8 Å². The predicted molar refractivity (Wildman–Crippen MR) is 43.0 cm³/mol. The molecule has 0 aromatic carbocycles. The number of hydrogen-bond donors (Lipinski definition) is 0. The summed E-state index contributed by atoms with van der Waals surface area (Å²) in [6, 6.07) is 0. The van der Waals surface area contributed by atoms with Crippen molar-refractivity contribution in [2.45, 2.75) is 12.8 Å². The number of rotatable bonds is 2. The van der Waals surface area contributed by atoms with Gasteiger partial charge in [0.15, 0.2) is 0 Å². The fourth-order valence-corrected chi connectivity index (χ4v) is 2.49. The molecule has 0 amide bonds. The molecule has 1 saturated carbocycles. The summed E-state index contributed by atoms with van der Waals surface area (Å²) in [5, 5.41) is 0. The Balaban J connectivity index is 2.14. The first-order valence-corrected chi connectivity index (χ1v) is 4.29. The molecule has 3 rings (SSSR count). The van der Waals surface area contributed by atoms with Crippen molar-refractivity contribution < 1.29 is 19.1 Å². The first-order valence-electron chi connectivity index (χ1n) is 4.29. The molecule has 2 aliphatic heterocycles. The van der Waals surface area contributed by atoms with Gasteiger partial charge in [0.25, 0.3) is 0 Å². The normalized spacial score (nSPS) is 41.9. The van der Waals surface area contributed by atoms with Crippen molar-refractivity contribution >= 4 is 12.3 Å². The molecule has 2 bridgehead atoms. The second-order valence-electron chi connectivity index (χ2n) is 4.10. The molecule has 72 valence electrons. The molecule has 3 aliphatic rings. The van der Waals surface area contributed by atoms with Crippen molar-refractivity contribution in [2.75, 3.05) is 20.3 Å². The number of hydrogen-bond acceptors (Lipinski definition) is 4. The van der Waals surface area contributed by atoms with E-state index in [0.29, 0.717) is 26.1 Å². The second kappa shape index (κ2) is 2.54.